The van der Waals surface area contributed by atoms with E-state index in [1.54, 1.807) is 16.8 Å². The molecule has 2 saturated heterocycles. The number of ether oxygens (including phenoxy) is 1. The Balaban J connectivity index is 1.73. The molecule has 1 N–H and O–H groups in total. The van der Waals surface area contributed by atoms with Crippen LogP contribution in [0.3, 0.4) is 0 Å². The average Bonchev–Trinajstić information content (AvgIpc) is 3.18. The molecule has 1 unspecified atom stereocenters. The van der Waals surface area contributed by atoms with Gasteiger partial charge in [0.1, 0.15) is 11.6 Å². The number of rotatable bonds is 5. The molecule has 1 aromatic carbocycles. The van der Waals surface area contributed by atoms with Crippen molar-refractivity contribution in [2.24, 2.45) is 11.8 Å². The summed E-state index contributed by atoms with van der Waals surface area (Å²) in [5.41, 5.74) is 0.422. The van der Waals surface area contributed by atoms with Gasteiger partial charge in [0.05, 0.1) is 30.1 Å². The topological polar surface area (TPSA) is 90.4 Å². The van der Waals surface area contributed by atoms with Crippen LogP contribution in [0.25, 0.3) is 0 Å². The molecule has 198 valence electrons. The fourth-order valence-electron chi connectivity index (χ4n) is 7.06. The van der Waals surface area contributed by atoms with Crippen molar-refractivity contribution in [2.75, 3.05) is 31.6 Å². The van der Waals surface area contributed by atoms with Gasteiger partial charge >= 0.3 is 0 Å². The number of para-hydroxylation sites is 1. The number of nitrogens with zero attached hydrogens (tertiary/aromatic N) is 3. The monoisotopic (exact) mass is 507 g/mol. The molecule has 4 heterocycles. The summed E-state index contributed by atoms with van der Waals surface area (Å²) in [6.45, 7) is 8.27. The summed E-state index contributed by atoms with van der Waals surface area (Å²) < 4.78 is 6.94. The molecule has 1 spiro atoms. The first-order valence-corrected chi connectivity index (χ1v) is 13.3. The van der Waals surface area contributed by atoms with Crippen LogP contribution < -0.4 is 4.90 Å². The van der Waals surface area contributed by atoms with E-state index >= 15 is 0 Å². The van der Waals surface area contributed by atoms with Gasteiger partial charge in [-0.3, -0.25) is 14.4 Å². The van der Waals surface area contributed by atoms with E-state index < -0.39 is 35.1 Å². The van der Waals surface area contributed by atoms with Crippen LogP contribution in [0.2, 0.25) is 0 Å². The molecule has 0 radical (unpaired) electrons. The Morgan fingerprint density at radius 3 is 2.30 bits per heavy atom. The molecule has 6 atom stereocenters. The van der Waals surface area contributed by atoms with Crippen LogP contribution in [0.1, 0.15) is 37.8 Å². The highest BCUT2D eigenvalue weighted by Gasteiger charge is 2.75. The molecule has 0 bridgehead atoms. The maximum absolute atomic E-state index is 14.6. The molecule has 8 nitrogen and oxygen atoms in total. The number of carbonyl (C=O) groups excluding carboxylic acids is 3. The zero-order valence-electron chi connectivity index (χ0n) is 22.3. The molecule has 1 aromatic rings. The lowest BCUT2D eigenvalue weighted by Crippen LogP contribution is -2.59. The van der Waals surface area contributed by atoms with Crippen molar-refractivity contribution < 1.29 is 24.2 Å². The molecule has 5 rings (SSSR count). The number of aliphatic hydroxyl groups is 1. The van der Waals surface area contributed by atoms with Crippen LogP contribution in [0, 0.1) is 25.7 Å². The molecule has 37 heavy (non-hydrogen) atoms. The molecule has 8 heteroatoms. The zero-order valence-corrected chi connectivity index (χ0v) is 22.3. The van der Waals surface area contributed by atoms with Gasteiger partial charge in [0.2, 0.25) is 11.8 Å². The van der Waals surface area contributed by atoms with Gasteiger partial charge in [0, 0.05) is 25.8 Å². The number of benzene rings is 1. The van der Waals surface area contributed by atoms with E-state index in [-0.39, 0.29) is 24.3 Å². The fraction of sp³-hybridized carbons (Fsp3) is 0.552. The lowest BCUT2D eigenvalue weighted by molar-refractivity contribution is -0.152. The van der Waals surface area contributed by atoms with Gasteiger partial charge < -0.3 is 24.5 Å². The SMILES string of the molecule is CC[C@@H](CO)N1C(=O)[C@@H]2[C@@H]3C(=O)N(C)CC=C[C@]3(CC)O[C@@]23C=CCN(c2c(C)cccc2C)C(=O)C13. The second-order valence-corrected chi connectivity index (χ2v) is 10.8. The second-order valence-electron chi connectivity index (χ2n) is 10.8. The van der Waals surface area contributed by atoms with Gasteiger partial charge in [0.25, 0.3) is 5.91 Å². The number of fused-ring (bicyclic) bond motifs is 2. The minimum Gasteiger partial charge on any atom is -0.394 e. The molecule has 4 aliphatic rings. The van der Waals surface area contributed by atoms with E-state index in [1.165, 1.54) is 4.90 Å². The Bertz CT molecular complexity index is 1170. The van der Waals surface area contributed by atoms with Gasteiger partial charge in [-0.05, 0) is 37.8 Å². The van der Waals surface area contributed by atoms with Gasteiger partial charge in [-0.1, -0.05) is 56.4 Å². The first-order valence-electron chi connectivity index (χ1n) is 13.3. The Kier molecular flexibility index (Phi) is 6.31. The Morgan fingerprint density at radius 1 is 1.00 bits per heavy atom. The number of carbonyl (C=O) groups is 3. The standard InChI is InChI=1S/C29H37N3O5/c1-6-20(17-33)32-24-27(36)31(23-18(3)11-8-12-19(23)4)16-10-14-29(24)22(26(32)35)21-25(34)30(5)15-9-13-28(21,7-2)37-29/h8-14,20-22,24,33H,6-7,15-17H2,1-5H3/t20-,21+,22-,24?,28-,29-/m0/s1. The lowest BCUT2D eigenvalue weighted by Gasteiger charge is -2.41. The minimum absolute atomic E-state index is 0.156. The van der Waals surface area contributed by atoms with Crippen molar-refractivity contribution in [3.05, 3.63) is 53.6 Å². The van der Waals surface area contributed by atoms with Crippen molar-refractivity contribution in [3.63, 3.8) is 0 Å². The predicted octanol–water partition coefficient (Wildman–Crippen LogP) is 2.37. The molecule has 0 saturated carbocycles. The van der Waals surface area contributed by atoms with Crippen molar-refractivity contribution >= 4 is 23.4 Å². The fourth-order valence-corrected chi connectivity index (χ4v) is 7.06. The smallest absolute Gasteiger partial charge is 0.253 e. The average molecular weight is 508 g/mol. The third-order valence-electron chi connectivity index (χ3n) is 8.86. The number of aryl methyl sites for hydroxylation is 2. The summed E-state index contributed by atoms with van der Waals surface area (Å²) in [6, 6.07) is 4.34. The first kappa shape index (κ1) is 25.7. The Labute approximate surface area is 218 Å². The number of anilines is 1. The number of hydrogen-bond acceptors (Lipinski definition) is 5. The van der Waals surface area contributed by atoms with Crippen LogP contribution in [0.5, 0.6) is 0 Å². The van der Waals surface area contributed by atoms with Gasteiger partial charge in [0.15, 0.2) is 0 Å². The van der Waals surface area contributed by atoms with E-state index in [9.17, 15) is 19.5 Å². The number of aliphatic hydroxyl groups excluding tert-OH is 1. The molecule has 3 amide bonds. The summed E-state index contributed by atoms with van der Waals surface area (Å²) in [7, 11) is 1.73. The zero-order chi connectivity index (χ0) is 26.7. The maximum Gasteiger partial charge on any atom is 0.253 e. The van der Waals surface area contributed by atoms with Crippen LogP contribution in [-0.4, -0.2) is 82.7 Å². The molecular formula is C29H37N3O5. The number of likely N-dealkylation sites (tertiary alicyclic amines) is 1. The van der Waals surface area contributed by atoms with E-state index in [4.69, 9.17) is 4.74 Å². The third kappa shape index (κ3) is 3.45. The van der Waals surface area contributed by atoms with E-state index in [2.05, 4.69) is 0 Å². The highest BCUT2D eigenvalue weighted by atomic mass is 16.5. The molecular weight excluding hydrogens is 470 g/mol. The minimum atomic E-state index is -1.32. The highest BCUT2D eigenvalue weighted by Crippen LogP contribution is 2.59. The quantitative estimate of drug-likeness (QED) is 0.618. The molecule has 2 fully saturated rings. The van der Waals surface area contributed by atoms with Crippen molar-refractivity contribution in [2.45, 2.75) is 63.8 Å². The van der Waals surface area contributed by atoms with Gasteiger partial charge in [-0.15, -0.1) is 0 Å². The second kappa shape index (κ2) is 9.10. The van der Waals surface area contributed by atoms with Crippen molar-refractivity contribution in [1.82, 2.24) is 9.80 Å². The lowest BCUT2D eigenvalue weighted by atomic mass is 9.73. The first-order chi connectivity index (χ1) is 17.7. The molecule has 0 aliphatic carbocycles. The van der Waals surface area contributed by atoms with Crippen LogP contribution in [-0.2, 0) is 19.1 Å². The molecule has 0 aromatic heterocycles. The van der Waals surface area contributed by atoms with E-state index in [1.807, 2.05) is 70.2 Å². The number of amides is 3. The summed E-state index contributed by atoms with van der Waals surface area (Å²) in [5.74, 6) is -2.34. The number of hydrogen-bond donors (Lipinski definition) is 1. The predicted molar refractivity (Wildman–Crippen MR) is 140 cm³/mol. The summed E-state index contributed by atoms with van der Waals surface area (Å²) in [5, 5.41) is 10.3. The summed E-state index contributed by atoms with van der Waals surface area (Å²) in [6.07, 6.45) is 8.58. The van der Waals surface area contributed by atoms with Gasteiger partial charge in [-0.2, -0.15) is 0 Å². The number of likely N-dealkylation sites (N-methyl/N-ethyl adjacent to an activating group) is 1. The third-order valence-corrected chi connectivity index (χ3v) is 8.86. The Morgan fingerprint density at radius 2 is 1.68 bits per heavy atom. The van der Waals surface area contributed by atoms with Crippen LogP contribution in [0.15, 0.2) is 42.5 Å². The largest absolute Gasteiger partial charge is 0.394 e. The highest BCUT2D eigenvalue weighted by molar-refractivity contribution is 6.06. The normalized spacial score (nSPS) is 33.8. The van der Waals surface area contributed by atoms with E-state index in [0.29, 0.717) is 25.9 Å². The Hall–Kier alpha value is -2.97. The molecule has 4 aliphatic heterocycles. The summed E-state index contributed by atoms with van der Waals surface area (Å²) in [4.78, 5) is 47.6. The van der Waals surface area contributed by atoms with Crippen molar-refractivity contribution in [1.29, 1.82) is 0 Å². The van der Waals surface area contributed by atoms with Crippen LogP contribution >= 0.6 is 0 Å². The van der Waals surface area contributed by atoms with Crippen molar-refractivity contribution in [3.8, 4) is 0 Å². The van der Waals surface area contributed by atoms with Crippen LogP contribution in [0.4, 0.5) is 5.69 Å². The van der Waals surface area contributed by atoms with E-state index in [0.717, 1.165) is 16.8 Å². The van der Waals surface area contributed by atoms with Gasteiger partial charge in [-0.25, -0.2) is 0 Å². The maximum atomic E-state index is 14.6. The summed E-state index contributed by atoms with van der Waals surface area (Å²) >= 11 is 0.